The van der Waals surface area contributed by atoms with E-state index in [0.717, 1.165) is 31.7 Å². The summed E-state index contributed by atoms with van der Waals surface area (Å²) in [4.78, 5) is 0. The molecule has 0 radical (unpaired) electrons. The molecule has 0 N–H and O–H groups in total. The zero-order valence-corrected chi connectivity index (χ0v) is 20.1. The van der Waals surface area contributed by atoms with Gasteiger partial charge in [0.25, 0.3) is 0 Å². The molecule has 0 bridgehead atoms. The minimum absolute atomic E-state index is 0.0675. The summed E-state index contributed by atoms with van der Waals surface area (Å²) in [5.74, 6) is -7.46. The van der Waals surface area contributed by atoms with Crippen LogP contribution < -0.4 is 4.74 Å². The second kappa shape index (κ2) is 10.5. The lowest BCUT2D eigenvalue weighted by Gasteiger charge is -2.30. The van der Waals surface area contributed by atoms with Gasteiger partial charge in [0.1, 0.15) is 5.82 Å². The number of benzene rings is 3. The van der Waals surface area contributed by atoms with Gasteiger partial charge in [-0.05, 0) is 66.0 Å². The lowest BCUT2D eigenvalue weighted by Crippen LogP contribution is -2.31. The molecule has 9 heteroatoms. The van der Waals surface area contributed by atoms with Crippen LogP contribution >= 0.6 is 0 Å². The van der Waals surface area contributed by atoms with Gasteiger partial charge in [-0.2, -0.15) is 0 Å². The summed E-state index contributed by atoms with van der Waals surface area (Å²) in [5, 5.41) is -0.848. The van der Waals surface area contributed by atoms with Crippen LogP contribution in [0.3, 0.4) is 0 Å². The van der Waals surface area contributed by atoms with Crippen molar-refractivity contribution < 1.29 is 40.6 Å². The van der Waals surface area contributed by atoms with Crippen molar-refractivity contribution in [1.29, 1.82) is 0 Å². The van der Waals surface area contributed by atoms with Gasteiger partial charge in [0, 0.05) is 11.5 Å². The smallest absolute Gasteiger partial charge is 0.195 e. The summed E-state index contributed by atoms with van der Waals surface area (Å²) < 4.78 is 102. The van der Waals surface area contributed by atoms with Crippen molar-refractivity contribution in [3.63, 3.8) is 0 Å². The molecule has 3 nitrogen and oxygen atoms in total. The number of halogens is 6. The highest BCUT2D eigenvalue weighted by Gasteiger charge is 2.28. The van der Waals surface area contributed by atoms with Crippen molar-refractivity contribution in [2.45, 2.75) is 44.8 Å². The third-order valence-corrected chi connectivity index (χ3v) is 7.26. The molecule has 1 aliphatic heterocycles. The summed E-state index contributed by atoms with van der Waals surface area (Å²) in [5.41, 5.74) is 0.797. The maximum atomic E-state index is 14.7. The number of hydrogen-bond acceptors (Lipinski definition) is 3. The van der Waals surface area contributed by atoms with E-state index in [2.05, 4.69) is 6.92 Å². The van der Waals surface area contributed by atoms with Crippen LogP contribution in [0.1, 0.15) is 55.9 Å². The molecular formula is C28H26F6O3. The number of hydrogen-bond donors (Lipinski definition) is 0. The Morgan fingerprint density at radius 1 is 0.730 bits per heavy atom. The van der Waals surface area contributed by atoms with Crippen molar-refractivity contribution in [3.8, 4) is 5.75 Å². The molecule has 0 spiro atoms. The van der Waals surface area contributed by atoms with Crippen molar-refractivity contribution >= 4 is 10.8 Å². The maximum absolute atomic E-state index is 14.7. The van der Waals surface area contributed by atoms with E-state index < -0.39 is 52.3 Å². The van der Waals surface area contributed by atoms with E-state index in [-0.39, 0.29) is 42.6 Å². The van der Waals surface area contributed by atoms with Crippen molar-refractivity contribution in [2.75, 3.05) is 19.8 Å². The van der Waals surface area contributed by atoms with E-state index in [1.165, 1.54) is 18.2 Å². The number of rotatable bonds is 5. The van der Waals surface area contributed by atoms with E-state index in [1.807, 2.05) is 0 Å². The van der Waals surface area contributed by atoms with Crippen molar-refractivity contribution in [3.05, 3.63) is 76.4 Å². The van der Waals surface area contributed by atoms with Gasteiger partial charge in [-0.1, -0.05) is 19.8 Å². The highest BCUT2D eigenvalue weighted by molar-refractivity contribution is 5.84. The molecular weight excluding hydrogens is 498 g/mol. The number of fused-ring (bicyclic) bond motifs is 1. The molecule has 2 aliphatic rings. The quantitative estimate of drug-likeness (QED) is 0.253. The fourth-order valence-electron chi connectivity index (χ4n) is 5.13. The van der Waals surface area contributed by atoms with Crippen LogP contribution in [-0.4, -0.2) is 19.8 Å². The first-order valence-corrected chi connectivity index (χ1v) is 12.3. The molecule has 0 amide bonds. The van der Waals surface area contributed by atoms with Crippen LogP contribution in [0, 0.1) is 46.7 Å². The minimum Gasteiger partial charge on any atom is -0.487 e. The molecule has 1 heterocycles. The molecule has 0 unspecified atom stereocenters. The fourth-order valence-corrected chi connectivity index (χ4v) is 5.13. The van der Waals surface area contributed by atoms with Crippen molar-refractivity contribution in [2.24, 2.45) is 11.8 Å². The van der Waals surface area contributed by atoms with Gasteiger partial charge in [0.05, 0.1) is 25.2 Å². The summed E-state index contributed by atoms with van der Waals surface area (Å²) in [7, 11) is 0. The first kappa shape index (κ1) is 25.9. The SMILES string of the molecule is CC1CCC(c2cc(F)c(OCC3COC(c4cc(F)c5c(F)c(F)c(F)cc5c4)OC3)c(F)c2)CC1. The predicted molar refractivity (Wildman–Crippen MR) is 124 cm³/mol. The Morgan fingerprint density at radius 3 is 2.00 bits per heavy atom. The Labute approximate surface area is 210 Å². The van der Waals surface area contributed by atoms with E-state index in [9.17, 15) is 26.3 Å². The Hall–Kier alpha value is -2.78. The zero-order chi connectivity index (χ0) is 26.3. The van der Waals surface area contributed by atoms with Gasteiger partial charge in [-0.25, -0.2) is 26.3 Å². The molecule has 2 fully saturated rings. The topological polar surface area (TPSA) is 27.7 Å². The van der Waals surface area contributed by atoms with Crippen LogP contribution in [0.4, 0.5) is 26.3 Å². The summed E-state index contributed by atoms with van der Waals surface area (Å²) in [6.07, 6.45) is 2.83. The Bertz CT molecular complexity index is 1270. The molecule has 1 saturated heterocycles. The highest BCUT2D eigenvalue weighted by atomic mass is 19.2. The van der Waals surface area contributed by atoms with Gasteiger partial charge < -0.3 is 14.2 Å². The number of ether oxygens (including phenoxy) is 3. The Morgan fingerprint density at radius 2 is 1.35 bits per heavy atom. The zero-order valence-electron chi connectivity index (χ0n) is 20.1. The van der Waals surface area contributed by atoms with E-state index in [4.69, 9.17) is 14.2 Å². The molecule has 198 valence electrons. The van der Waals surface area contributed by atoms with Gasteiger partial charge in [-0.15, -0.1) is 0 Å². The van der Waals surface area contributed by atoms with E-state index in [0.29, 0.717) is 17.5 Å². The Balaban J connectivity index is 1.21. The largest absolute Gasteiger partial charge is 0.487 e. The first-order chi connectivity index (χ1) is 17.7. The normalized spacial score (nSPS) is 24.4. The fraction of sp³-hybridized carbons (Fsp3) is 0.429. The van der Waals surface area contributed by atoms with Crippen LogP contribution in [0.5, 0.6) is 5.75 Å². The van der Waals surface area contributed by atoms with E-state index >= 15 is 0 Å². The molecule has 0 aromatic heterocycles. The molecule has 3 aromatic carbocycles. The third kappa shape index (κ3) is 5.29. The predicted octanol–water partition coefficient (Wildman–Crippen LogP) is 7.71. The average Bonchev–Trinajstić information content (AvgIpc) is 2.87. The summed E-state index contributed by atoms with van der Waals surface area (Å²) >= 11 is 0. The maximum Gasteiger partial charge on any atom is 0.195 e. The lowest BCUT2D eigenvalue weighted by atomic mass is 9.79. The lowest BCUT2D eigenvalue weighted by molar-refractivity contribution is -0.208. The molecule has 0 atom stereocenters. The summed E-state index contributed by atoms with van der Waals surface area (Å²) in [6.45, 7) is 2.23. The van der Waals surface area contributed by atoms with Crippen LogP contribution in [0.15, 0.2) is 30.3 Å². The van der Waals surface area contributed by atoms with Gasteiger partial charge in [-0.3, -0.25) is 0 Å². The monoisotopic (exact) mass is 524 g/mol. The van der Waals surface area contributed by atoms with Gasteiger partial charge in [0.15, 0.2) is 41.1 Å². The molecule has 3 aromatic rings. The second-order valence-electron chi connectivity index (χ2n) is 10.0. The standard InChI is InChI=1S/C28H26F6O3/c1-14-2-4-16(5-3-14)17-7-22(31)27(23(32)8-17)35-11-15-12-36-28(37-13-15)19-6-18-9-21(30)25(33)26(34)24(18)20(29)10-19/h6-10,14-16,28H,2-5,11-13H2,1H3. The Kier molecular flexibility index (Phi) is 7.36. The van der Waals surface area contributed by atoms with Crippen LogP contribution in [-0.2, 0) is 9.47 Å². The van der Waals surface area contributed by atoms with Gasteiger partial charge in [0.2, 0.25) is 0 Å². The first-order valence-electron chi connectivity index (χ1n) is 12.3. The molecule has 37 heavy (non-hydrogen) atoms. The minimum atomic E-state index is -1.75. The van der Waals surface area contributed by atoms with Crippen molar-refractivity contribution in [1.82, 2.24) is 0 Å². The average molecular weight is 525 g/mol. The summed E-state index contributed by atoms with van der Waals surface area (Å²) in [6, 6.07) is 5.57. The molecule has 5 rings (SSSR count). The third-order valence-electron chi connectivity index (χ3n) is 7.26. The second-order valence-corrected chi connectivity index (χ2v) is 10.0. The van der Waals surface area contributed by atoms with Crippen LogP contribution in [0.25, 0.3) is 10.8 Å². The molecule has 1 aliphatic carbocycles. The van der Waals surface area contributed by atoms with Crippen LogP contribution in [0.2, 0.25) is 0 Å². The van der Waals surface area contributed by atoms with Gasteiger partial charge >= 0.3 is 0 Å². The molecule has 1 saturated carbocycles. The highest BCUT2D eigenvalue weighted by Crippen LogP contribution is 2.38. The van der Waals surface area contributed by atoms with E-state index in [1.54, 1.807) is 0 Å².